The van der Waals surface area contributed by atoms with Gasteiger partial charge in [0.25, 0.3) is 5.91 Å². The molecule has 0 bridgehead atoms. The number of nitrogens with zero attached hydrogens (tertiary/aromatic N) is 1. The smallest absolute Gasteiger partial charge is 0.343 e. The zero-order valence-corrected chi connectivity index (χ0v) is 15.2. The van der Waals surface area contributed by atoms with Crippen molar-refractivity contribution in [3.63, 3.8) is 0 Å². The molecule has 0 saturated carbocycles. The molecule has 0 radical (unpaired) electrons. The third-order valence-electron chi connectivity index (χ3n) is 3.17. The number of imide groups is 1. The van der Waals surface area contributed by atoms with E-state index in [0.717, 1.165) is 4.90 Å². The highest BCUT2D eigenvalue weighted by atomic mass is 79.9. The van der Waals surface area contributed by atoms with Crippen LogP contribution in [-0.4, -0.2) is 43.1 Å². The van der Waals surface area contributed by atoms with Gasteiger partial charge in [-0.15, -0.1) is 0 Å². The summed E-state index contributed by atoms with van der Waals surface area (Å²) in [4.78, 5) is 35.9. The Labute approximate surface area is 151 Å². The van der Waals surface area contributed by atoms with Gasteiger partial charge in [-0.05, 0) is 46.6 Å². The van der Waals surface area contributed by atoms with Crippen molar-refractivity contribution < 1.29 is 23.9 Å². The van der Waals surface area contributed by atoms with E-state index in [-0.39, 0.29) is 29.6 Å². The summed E-state index contributed by atoms with van der Waals surface area (Å²) in [5, 5.41) is 2.74. The molecule has 24 heavy (non-hydrogen) atoms. The molecule has 2 rings (SSSR count). The van der Waals surface area contributed by atoms with Crippen LogP contribution in [0.3, 0.4) is 0 Å². The second-order valence-electron chi connectivity index (χ2n) is 4.72. The van der Waals surface area contributed by atoms with E-state index in [2.05, 4.69) is 26.0 Å². The van der Waals surface area contributed by atoms with Crippen molar-refractivity contribution in [2.45, 2.75) is 6.92 Å². The van der Waals surface area contributed by atoms with Crippen LogP contribution < -0.4 is 10.1 Å². The van der Waals surface area contributed by atoms with Crippen molar-refractivity contribution >= 4 is 51.5 Å². The molecule has 0 unspecified atom stereocenters. The number of nitrogens with one attached hydrogen (secondary N) is 1. The zero-order valence-electron chi connectivity index (χ0n) is 12.9. The molecule has 1 aromatic carbocycles. The molecule has 128 valence electrons. The predicted molar refractivity (Wildman–Crippen MR) is 90.6 cm³/mol. The first-order valence-corrected chi connectivity index (χ1v) is 8.07. The van der Waals surface area contributed by atoms with E-state index in [0.29, 0.717) is 10.0 Å². The molecule has 1 aliphatic rings. The van der Waals surface area contributed by atoms with E-state index in [1.165, 1.54) is 13.2 Å². The Morgan fingerprint density at radius 2 is 2.12 bits per heavy atom. The standard InChI is InChI=1S/C15H14BrClN2O5/c1-3-19-14(21)11(18-15(19)22)6-8-4-9(16)13(10(17)5-8)24-7-12(20)23-2/h4-6H,3,7H2,1-2H3,(H,18,22)/b11-6+. The van der Waals surface area contributed by atoms with Crippen molar-refractivity contribution in [2.24, 2.45) is 0 Å². The Morgan fingerprint density at radius 3 is 2.67 bits per heavy atom. The van der Waals surface area contributed by atoms with Gasteiger partial charge in [-0.25, -0.2) is 9.59 Å². The first kappa shape index (κ1) is 18.3. The number of carbonyl (C=O) groups excluding carboxylic acids is 3. The average molecular weight is 418 g/mol. The van der Waals surface area contributed by atoms with Gasteiger partial charge in [0.05, 0.1) is 16.6 Å². The number of benzene rings is 1. The van der Waals surface area contributed by atoms with Gasteiger partial charge in [-0.2, -0.15) is 0 Å². The van der Waals surface area contributed by atoms with E-state index in [1.807, 2.05) is 0 Å². The molecule has 1 saturated heterocycles. The topological polar surface area (TPSA) is 84.9 Å². The second kappa shape index (κ2) is 7.67. The van der Waals surface area contributed by atoms with E-state index in [4.69, 9.17) is 16.3 Å². The van der Waals surface area contributed by atoms with Gasteiger partial charge >= 0.3 is 12.0 Å². The van der Waals surface area contributed by atoms with Gasteiger partial charge < -0.3 is 14.8 Å². The van der Waals surface area contributed by atoms with Crippen LogP contribution in [0, 0.1) is 0 Å². The fraction of sp³-hybridized carbons (Fsp3) is 0.267. The van der Waals surface area contributed by atoms with E-state index < -0.39 is 17.9 Å². The number of rotatable bonds is 5. The maximum Gasteiger partial charge on any atom is 0.343 e. The van der Waals surface area contributed by atoms with Gasteiger partial charge in [0.1, 0.15) is 5.70 Å². The van der Waals surface area contributed by atoms with Crippen molar-refractivity contribution in [1.29, 1.82) is 0 Å². The maximum absolute atomic E-state index is 12.1. The van der Waals surface area contributed by atoms with Crippen LogP contribution in [0.25, 0.3) is 6.08 Å². The normalized spacial score (nSPS) is 15.7. The second-order valence-corrected chi connectivity index (χ2v) is 5.98. The molecule has 1 heterocycles. The minimum Gasteiger partial charge on any atom is -0.479 e. The molecule has 7 nitrogen and oxygen atoms in total. The summed E-state index contributed by atoms with van der Waals surface area (Å²) in [6.45, 7) is 1.71. The third-order valence-corrected chi connectivity index (χ3v) is 4.04. The van der Waals surface area contributed by atoms with Crippen LogP contribution in [-0.2, 0) is 14.3 Å². The van der Waals surface area contributed by atoms with Crippen LogP contribution >= 0.6 is 27.5 Å². The summed E-state index contributed by atoms with van der Waals surface area (Å²) in [7, 11) is 1.25. The zero-order chi connectivity index (χ0) is 17.9. The number of methoxy groups -OCH3 is 1. The third kappa shape index (κ3) is 3.88. The van der Waals surface area contributed by atoms with Crippen LogP contribution in [0.1, 0.15) is 12.5 Å². The molecule has 1 aliphatic heterocycles. The number of ether oxygens (including phenoxy) is 2. The highest BCUT2D eigenvalue weighted by Crippen LogP contribution is 2.35. The number of hydrogen-bond donors (Lipinski definition) is 1. The van der Waals surface area contributed by atoms with Crippen LogP contribution in [0.2, 0.25) is 5.02 Å². The number of likely N-dealkylation sites (N-methyl/N-ethyl adjacent to an activating group) is 1. The van der Waals surface area contributed by atoms with Crippen LogP contribution in [0.15, 0.2) is 22.3 Å². The molecule has 9 heteroatoms. The maximum atomic E-state index is 12.1. The minimum atomic E-state index is -0.539. The number of esters is 1. The molecule has 1 N–H and O–H groups in total. The van der Waals surface area contributed by atoms with Gasteiger partial charge in [0, 0.05) is 6.54 Å². The van der Waals surface area contributed by atoms with Crippen molar-refractivity contribution in [2.75, 3.05) is 20.3 Å². The van der Waals surface area contributed by atoms with Gasteiger partial charge in [-0.3, -0.25) is 9.69 Å². The number of hydrogen-bond acceptors (Lipinski definition) is 5. The summed E-state index contributed by atoms with van der Waals surface area (Å²) >= 11 is 9.45. The predicted octanol–water partition coefficient (Wildman–Crippen LogP) is 2.57. The van der Waals surface area contributed by atoms with Gasteiger partial charge in [-0.1, -0.05) is 11.6 Å². The van der Waals surface area contributed by atoms with Crippen LogP contribution in [0.5, 0.6) is 5.75 Å². The Bertz CT molecular complexity index is 712. The molecule has 1 fully saturated rings. The molecule has 0 aliphatic carbocycles. The van der Waals surface area contributed by atoms with Crippen molar-refractivity contribution in [3.8, 4) is 5.75 Å². The summed E-state index contributed by atoms with van der Waals surface area (Å²) in [6.07, 6.45) is 1.51. The fourth-order valence-corrected chi connectivity index (χ4v) is 3.01. The summed E-state index contributed by atoms with van der Waals surface area (Å²) in [5.41, 5.74) is 0.743. The number of urea groups is 1. The largest absolute Gasteiger partial charge is 0.479 e. The average Bonchev–Trinajstić information content (AvgIpc) is 2.79. The van der Waals surface area contributed by atoms with Crippen molar-refractivity contribution in [1.82, 2.24) is 10.2 Å². The van der Waals surface area contributed by atoms with Crippen molar-refractivity contribution in [3.05, 3.63) is 32.9 Å². The first-order valence-electron chi connectivity index (χ1n) is 6.90. The minimum absolute atomic E-state index is 0.160. The van der Waals surface area contributed by atoms with Gasteiger partial charge in [0.15, 0.2) is 12.4 Å². The molecule has 0 atom stereocenters. The SMILES string of the molecule is CCN1C(=O)N/C(=C/c2cc(Cl)c(OCC(=O)OC)c(Br)c2)C1=O. The number of carbonyl (C=O) groups is 3. The lowest BCUT2D eigenvalue weighted by Gasteiger charge is -2.10. The molecule has 0 aromatic heterocycles. The molecule has 1 aromatic rings. The highest BCUT2D eigenvalue weighted by Gasteiger charge is 2.32. The van der Waals surface area contributed by atoms with E-state index >= 15 is 0 Å². The molecular formula is C15H14BrClN2O5. The Kier molecular flexibility index (Phi) is 5.84. The first-order chi connectivity index (χ1) is 11.4. The summed E-state index contributed by atoms with van der Waals surface area (Å²) in [6, 6.07) is 2.75. The number of halogens is 2. The lowest BCUT2D eigenvalue weighted by Crippen LogP contribution is -2.30. The monoisotopic (exact) mass is 416 g/mol. The quantitative estimate of drug-likeness (QED) is 0.452. The van der Waals surface area contributed by atoms with E-state index in [9.17, 15) is 14.4 Å². The summed E-state index contributed by atoms with van der Waals surface area (Å²) < 4.78 is 10.3. The summed E-state index contributed by atoms with van der Waals surface area (Å²) in [5.74, 6) is -0.662. The Balaban J connectivity index is 2.24. The van der Waals surface area contributed by atoms with E-state index in [1.54, 1.807) is 19.1 Å². The molecule has 0 spiro atoms. The Morgan fingerprint density at radius 1 is 1.42 bits per heavy atom. The number of amides is 3. The highest BCUT2D eigenvalue weighted by molar-refractivity contribution is 9.10. The lowest BCUT2D eigenvalue weighted by molar-refractivity contribution is -0.142. The molecule has 3 amide bonds. The van der Waals surface area contributed by atoms with Gasteiger partial charge in [0.2, 0.25) is 0 Å². The Hall–Kier alpha value is -2.06. The fourth-order valence-electron chi connectivity index (χ4n) is 2.02. The lowest BCUT2D eigenvalue weighted by atomic mass is 10.2. The molecular weight excluding hydrogens is 404 g/mol. The van der Waals surface area contributed by atoms with Crippen LogP contribution in [0.4, 0.5) is 4.79 Å².